The Hall–Kier alpha value is -3.98. The van der Waals surface area contributed by atoms with Crippen LogP contribution in [0.1, 0.15) is 46.7 Å². The van der Waals surface area contributed by atoms with Crippen molar-refractivity contribution in [3.63, 3.8) is 0 Å². The molecule has 2 aromatic carbocycles. The van der Waals surface area contributed by atoms with Crippen molar-refractivity contribution in [1.29, 1.82) is 0 Å². The Labute approximate surface area is 238 Å². The summed E-state index contributed by atoms with van der Waals surface area (Å²) in [6.45, 7) is 15.0. The van der Waals surface area contributed by atoms with E-state index < -0.39 is 6.18 Å². The molecule has 0 atom stereocenters. The van der Waals surface area contributed by atoms with Gasteiger partial charge in [-0.15, -0.1) is 0 Å². The van der Waals surface area contributed by atoms with Crippen LogP contribution in [0.2, 0.25) is 0 Å². The first-order chi connectivity index (χ1) is 19.0. The Morgan fingerprint density at radius 2 is 1.77 bits per heavy atom. The molecular weight excluding hydrogens is 523 g/mol. The minimum atomic E-state index is -4.19. The van der Waals surface area contributed by atoms with Gasteiger partial charge in [-0.3, -0.25) is 9.59 Å². The molecule has 9 heteroatoms. The molecule has 0 bridgehead atoms. The number of nitrogens with one attached hydrogen (secondary N) is 1. The predicted octanol–water partition coefficient (Wildman–Crippen LogP) is 7.39. The monoisotopic (exact) mass is 567 g/mol. The molecule has 0 aromatic heterocycles. The molecule has 1 aliphatic rings. The Bertz CT molecular complexity index is 1120. The van der Waals surface area contributed by atoms with Gasteiger partial charge < -0.3 is 20.0 Å². The second-order valence-electron chi connectivity index (χ2n) is 7.76. The van der Waals surface area contributed by atoms with E-state index in [1.54, 1.807) is 12.2 Å². The lowest BCUT2D eigenvalue weighted by Gasteiger charge is -2.10. The maximum Gasteiger partial charge on any atom is 0.409 e. The van der Waals surface area contributed by atoms with Crippen molar-refractivity contribution in [3.8, 4) is 5.75 Å². The van der Waals surface area contributed by atoms with E-state index in [0.29, 0.717) is 18.6 Å². The molecule has 0 aliphatic heterocycles. The third kappa shape index (κ3) is 17.5. The predicted molar refractivity (Wildman–Crippen MR) is 159 cm³/mol. The molecule has 3 rings (SSSR count). The number of halogens is 3. The molecule has 0 spiro atoms. The highest BCUT2D eigenvalue weighted by Gasteiger charge is 2.19. The molecule has 40 heavy (non-hydrogen) atoms. The number of hydrogen-bond donors (Lipinski definition) is 2. The lowest BCUT2D eigenvalue weighted by Crippen LogP contribution is -2.09. The Balaban J connectivity index is -0.000000277. The van der Waals surface area contributed by atoms with Crippen molar-refractivity contribution in [1.82, 2.24) is 0 Å². The number of aliphatic hydroxyl groups is 1. The molecule has 2 N–H and O–H groups in total. The number of anilines is 1. The van der Waals surface area contributed by atoms with E-state index in [0.717, 1.165) is 22.6 Å². The van der Waals surface area contributed by atoms with Crippen molar-refractivity contribution in [3.05, 3.63) is 95.6 Å². The number of ketones is 2. The van der Waals surface area contributed by atoms with Gasteiger partial charge >= 0.3 is 6.18 Å². The third-order valence-electron chi connectivity index (χ3n) is 4.70. The van der Waals surface area contributed by atoms with E-state index in [1.807, 2.05) is 83.9 Å². The standard InChI is InChI=1S/C17H18O3.C8H11NO.C3H3F3.C2H6.CH2O.2H2/c1-3-20-17-10-13(8-7-12(17)2)9-16(19)14-5-4-6-15(18)11-14;1-7-3-2-4-8(5-7)9-6-10;1-2-3(4,5)6;2*1-2;;/h4-5,7-8,10-11H,3,6,9H2,1-2H3;2-5,9-10H,6H2,1H3;2H,1H2;1-2H3;1H2;2*1H. The summed E-state index contributed by atoms with van der Waals surface area (Å²) >= 11 is 0. The first-order valence-corrected chi connectivity index (χ1v) is 12.6. The zero-order valence-corrected chi connectivity index (χ0v) is 23.8. The normalized spacial score (nSPS) is 11.3. The maximum absolute atomic E-state index is 12.2. The summed E-state index contributed by atoms with van der Waals surface area (Å²) in [7, 11) is 0. The zero-order valence-electron chi connectivity index (χ0n) is 23.8. The lowest BCUT2D eigenvalue weighted by atomic mass is 9.97. The van der Waals surface area contributed by atoms with Crippen LogP contribution < -0.4 is 10.1 Å². The second kappa shape index (κ2) is 21.9. The van der Waals surface area contributed by atoms with Gasteiger partial charge in [-0.1, -0.05) is 56.8 Å². The zero-order chi connectivity index (χ0) is 31.1. The van der Waals surface area contributed by atoms with Crippen LogP contribution in [0.4, 0.5) is 18.9 Å². The number of Topliss-reactive ketones (excluding diaryl/α,β-unsaturated/α-hetero) is 1. The van der Waals surface area contributed by atoms with E-state index >= 15 is 0 Å². The fourth-order valence-electron chi connectivity index (χ4n) is 2.96. The van der Waals surface area contributed by atoms with Gasteiger partial charge in [0.1, 0.15) is 19.3 Å². The Kier molecular flexibility index (Phi) is 20.9. The number of hydrogen-bond acceptors (Lipinski definition) is 6. The van der Waals surface area contributed by atoms with Crippen molar-refractivity contribution in [2.45, 2.75) is 53.6 Å². The minimum Gasteiger partial charge on any atom is -0.494 e. The Morgan fingerprint density at radius 3 is 2.27 bits per heavy atom. The van der Waals surface area contributed by atoms with Crippen LogP contribution in [-0.2, 0) is 20.8 Å². The highest BCUT2D eigenvalue weighted by atomic mass is 19.4. The van der Waals surface area contributed by atoms with Crippen LogP contribution in [0, 0.1) is 13.8 Å². The Morgan fingerprint density at radius 1 is 1.15 bits per heavy atom. The number of ether oxygens (including phenoxy) is 1. The smallest absolute Gasteiger partial charge is 0.409 e. The van der Waals surface area contributed by atoms with Crippen LogP contribution >= 0.6 is 0 Å². The molecule has 0 heterocycles. The second-order valence-corrected chi connectivity index (χ2v) is 7.76. The minimum absolute atomic E-state index is 0. The largest absolute Gasteiger partial charge is 0.494 e. The maximum atomic E-state index is 12.2. The van der Waals surface area contributed by atoms with Crippen molar-refractivity contribution in [2.24, 2.45) is 0 Å². The molecule has 6 nitrogen and oxygen atoms in total. The topological polar surface area (TPSA) is 92.7 Å². The van der Waals surface area contributed by atoms with Gasteiger partial charge in [0.2, 0.25) is 0 Å². The fraction of sp³-hybridized carbons (Fsp3) is 0.323. The number of rotatable bonds is 7. The summed E-state index contributed by atoms with van der Waals surface area (Å²) in [5, 5.41) is 11.3. The van der Waals surface area contributed by atoms with Gasteiger partial charge in [0.25, 0.3) is 0 Å². The molecule has 0 saturated carbocycles. The van der Waals surface area contributed by atoms with Gasteiger partial charge in [0, 0.05) is 33.0 Å². The van der Waals surface area contributed by atoms with E-state index in [-0.39, 0.29) is 33.6 Å². The summed E-state index contributed by atoms with van der Waals surface area (Å²) in [6, 6.07) is 13.6. The van der Waals surface area contributed by atoms with E-state index in [9.17, 15) is 22.8 Å². The molecule has 2 aromatic rings. The van der Waals surface area contributed by atoms with E-state index in [2.05, 4.69) is 11.9 Å². The summed E-state index contributed by atoms with van der Waals surface area (Å²) in [4.78, 5) is 31.5. The van der Waals surface area contributed by atoms with Crippen molar-refractivity contribution in [2.75, 3.05) is 18.7 Å². The quantitative estimate of drug-likeness (QED) is 0.268. The van der Waals surface area contributed by atoms with Crippen molar-refractivity contribution < 1.29 is 40.3 Å². The number of carbonyl (C=O) groups excluding carboxylic acids is 3. The average Bonchev–Trinajstić information content (AvgIpc) is 2.93. The molecule has 0 fully saturated rings. The number of alkyl halides is 3. The van der Waals surface area contributed by atoms with Crippen LogP contribution in [0.3, 0.4) is 0 Å². The summed E-state index contributed by atoms with van der Waals surface area (Å²) < 4.78 is 37.5. The van der Waals surface area contributed by atoms with Crippen LogP contribution in [0.15, 0.2) is 78.9 Å². The first kappa shape index (κ1) is 38.2. The van der Waals surface area contributed by atoms with Crippen LogP contribution in [0.5, 0.6) is 5.75 Å². The van der Waals surface area contributed by atoms with Gasteiger partial charge in [-0.05, 0) is 61.7 Å². The van der Waals surface area contributed by atoms with E-state index in [4.69, 9.17) is 14.6 Å². The first-order valence-electron chi connectivity index (χ1n) is 12.6. The lowest BCUT2D eigenvalue weighted by molar-refractivity contribution is -0.116. The number of carbonyl (C=O) groups is 3. The molecule has 224 valence electrons. The fourth-order valence-corrected chi connectivity index (χ4v) is 2.96. The van der Waals surface area contributed by atoms with Gasteiger partial charge in [-0.25, -0.2) is 0 Å². The highest BCUT2D eigenvalue weighted by molar-refractivity contribution is 6.07. The van der Waals surface area contributed by atoms with Gasteiger partial charge in [0.05, 0.1) is 6.61 Å². The molecule has 1 aliphatic carbocycles. The number of aryl methyl sites for hydroxylation is 2. The number of benzene rings is 2. The molecule has 0 saturated heterocycles. The molecule has 0 unspecified atom stereocenters. The SMILES string of the molecule is C=CC(F)(F)F.C=O.CC.CCOc1cc(CC(=O)C2=CC(=O)CC=C2)ccc1C.Cc1cccc(NCO)c1.[HH].[HH]. The molecular formula is C31H44F3NO5. The number of aliphatic hydroxyl groups excluding tert-OH is 1. The van der Waals surface area contributed by atoms with Gasteiger partial charge in [0.15, 0.2) is 11.6 Å². The average molecular weight is 568 g/mol. The van der Waals surface area contributed by atoms with E-state index in [1.165, 1.54) is 11.6 Å². The summed E-state index contributed by atoms with van der Waals surface area (Å²) in [5.41, 5.74) is 4.59. The third-order valence-corrected chi connectivity index (χ3v) is 4.70. The molecule has 0 radical (unpaired) electrons. The van der Waals surface area contributed by atoms with Crippen LogP contribution in [0.25, 0.3) is 0 Å². The van der Waals surface area contributed by atoms with Crippen LogP contribution in [-0.4, -0.2) is 43.0 Å². The summed E-state index contributed by atoms with van der Waals surface area (Å²) in [6.07, 6.45) is 1.30. The summed E-state index contributed by atoms with van der Waals surface area (Å²) in [5.74, 6) is 0.748. The molecule has 0 amide bonds. The number of allylic oxidation sites excluding steroid dienone is 5. The van der Waals surface area contributed by atoms with Gasteiger partial charge in [-0.2, -0.15) is 13.2 Å². The highest BCUT2D eigenvalue weighted by Crippen LogP contribution is 2.21. The van der Waals surface area contributed by atoms with Crippen molar-refractivity contribution >= 4 is 24.0 Å².